The quantitative estimate of drug-likeness (QED) is 0.331. The number of rotatable bonds is 6. The first-order valence-corrected chi connectivity index (χ1v) is 5.80. The molecule has 86 valence electrons. The van der Waals surface area contributed by atoms with Crippen LogP contribution >= 0.6 is 0 Å². The lowest BCUT2D eigenvalue weighted by Gasteiger charge is -2.01. The van der Waals surface area contributed by atoms with Crippen molar-refractivity contribution in [3.63, 3.8) is 0 Å². The zero-order valence-corrected chi connectivity index (χ0v) is 9.76. The largest absolute Gasteiger partial charge is 0.411 e. The van der Waals surface area contributed by atoms with E-state index in [1.54, 1.807) is 0 Å². The summed E-state index contributed by atoms with van der Waals surface area (Å²) in [6.45, 7) is 2.18. The summed E-state index contributed by atoms with van der Waals surface area (Å²) in [6.07, 6.45) is 8.12. The molecule has 0 fully saturated rings. The smallest absolute Gasteiger partial charge is 0.0693 e. The number of hydrogen-bond acceptors (Lipinski definition) is 2. The second-order valence-electron chi connectivity index (χ2n) is 3.83. The van der Waals surface area contributed by atoms with Gasteiger partial charge >= 0.3 is 0 Å². The summed E-state index contributed by atoms with van der Waals surface area (Å²) in [5.74, 6) is 0. The molecule has 0 aliphatic carbocycles. The van der Waals surface area contributed by atoms with Crippen LogP contribution in [0.2, 0.25) is 0 Å². The molecule has 0 radical (unpaired) electrons. The van der Waals surface area contributed by atoms with Gasteiger partial charge in [0.05, 0.1) is 6.21 Å². The summed E-state index contributed by atoms with van der Waals surface area (Å²) in [5, 5.41) is 11.7. The predicted molar refractivity (Wildman–Crippen MR) is 68.8 cm³/mol. The van der Waals surface area contributed by atoms with Crippen molar-refractivity contribution < 1.29 is 5.21 Å². The number of oxime groups is 1. The molecule has 0 aromatic heterocycles. The Balaban J connectivity index is 2.65. The summed E-state index contributed by atoms with van der Waals surface area (Å²) in [6, 6.07) is 10.1. The Morgan fingerprint density at radius 2 is 2.00 bits per heavy atom. The van der Waals surface area contributed by atoms with E-state index in [4.69, 9.17) is 5.21 Å². The highest BCUT2D eigenvalue weighted by atomic mass is 16.4. The van der Waals surface area contributed by atoms with Crippen LogP contribution in [0.25, 0.3) is 6.08 Å². The molecule has 1 aromatic carbocycles. The highest BCUT2D eigenvalue weighted by molar-refractivity contribution is 5.85. The van der Waals surface area contributed by atoms with E-state index < -0.39 is 0 Å². The van der Waals surface area contributed by atoms with Crippen molar-refractivity contribution in [3.8, 4) is 0 Å². The van der Waals surface area contributed by atoms with Crippen LogP contribution in [0, 0.1) is 0 Å². The van der Waals surface area contributed by atoms with Crippen molar-refractivity contribution in [3.05, 3.63) is 41.5 Å². The topological polar surface area (TPSA) is 32.6 Å². The molecule has 0 amide bonds. The van der Waals surface area contributed by atoms with Gasteiger partial charge in [0.25, 0.3) is 0 Å². The van der Waals surface area contributed by atoms with E-state index in [9.17, 15) is 0 Å². The average molecular weight is 217 g/mol. The van der Waals surface area contributed by atoms with Gasteiger partial charge in [-0.1, -0.05) is 61.3 Å². The average Bonchev–Trinajstić information content (AvgIpc) is 2.31. The second kappa shape index (κ2) is 7.69. The molecule has 0 aliphatic heterocycles. The third-order valence-corrected chi connectivity index (χ3v) is 2.44. The zero-order chi connectivity index (χ0) is 11.6. The van der Waals surface area contributed by atoms with Crippen LogP contribution in [0.4, 0.5) is 0 Å². The van der Waals surface area contributed by atoms with E-state index in [0.717, 1.165) is 24.0 Å². The maximum absolute atomic E-state index is 8.60. The number of hydrogen-bond donors (Lipinski definition) is 1. The molecule has 1 aromatic rings. The van der Waals surface area contributed by atoms with E-state index in [0.29, 0.717) is 0 Å². The number of unbranched alkanes of at least 4 members (excludes halogenated alkanes) is 2. The maximum atomic E-state index is 8.60. The number of benzene rings is 1. The van der Waals surface area contributed by atoms with Gasteiger partial charge in [0, 0.05) is 0 Å². The van der Waals surface area contributed by atoms with Crippen LogP contribution in [0.3, 0.4) is 0 Å². The minimum Gasteiger partial charge on any atom is -0.411 e. The van der Waals surface area contributed by atoms with E-state index in [1.165, 1.54) is 19.1 Å². The molecule has 0 saturated heterocycles. The van der Waals surface area contributed by atoms with Gasteiger partial charge in [0.1, 0.15) is 0 Å². The van der Waals surface area contributed by atoms with Gasteiger partial charge in [-0.25, -0.2) is 0 Å². The number of allylic oxidation sites excluding steroid dienone is 1. The van der Waals surface area contributed by atoms with Gasteiger partial charge in [-0.3, -0.25) is 0 Å². The lowest BCUT2D eigenvalue weighted by atomic mass is 10.1. The first-order chi connectivity index (χ1) is 7.86. The Morgan fingerprint density at radius 1 is 1.25 bits per heavy atom. The van der Waals surface area contributed by atoms with Gasteiger partial charge in [-0.05, 0) is 24.0 Å². The molecule has 0 saturated carbocycles. The summed E-state index contributed by atoms with van der Waals surface area (Å²) in [7, 11) is 0. The van der Waals surface area contributed by atoms with Crippen LogP contribution in [0.15, 0.2) is 41.1 Å². The molecule has 2 nitrogen and oxygen atoms in total. The Hall–Kier alpha value is -1.57. The third kappa shape index (κ3) is 4.78. The van der Waals surface area contributed by atoms with Crippen molar-refractivity contribution in [2.24, 2.45) is 5.16 Å². The lowest BCUT2D eigenvalue weighted by molar-refractivity contribution is 0.321. The van der Waals surface area contributed by atoms with Crippen molar-refractivity contribution >= 4 is 12.3 Å². The fourth-order valence-electron chi connectivity index (χ4n) is 1.59. The highest BCUT2D eigenvalue weighted by Crippen LogP contribution is 2.12. The van der Waals surface area contributed by atoms with Crippen molar-refractivity contribution in [1.29, 1.82) is 0 Å². The van der Waals surface area contributed by atoms with Crippen molar-refractivity contribution in [1.82, 2.24) is 0 Å². The molecule has 0 bridgehead atoms. The molecule has 16 heavy (non-hydrogen) atoms. The minimum atomic E-state index is 0.965. The summed E-state index contributed by atoms with van der Waals surface area (Å²) in [4.78, 5) is 0. The van der Waals surface area contributed by atoms with Crippen LogP contribution in [-0.4, -0.2) is 11.4 Å². The molecular weight excluding hydrogens is 198 g/mol. The van der Waals surface area contributed by atoms with Gasteiger partial charge < -0.3 is 5.21 Å². The van der Waals surface area contributed by atoms with Gasteiger partial charge in [0.2, 0.25) is 0 Å². The van der Waals surface area contributed by atoms with Crippen LogP contribution in [0.5, 0.6) is 0 Å². The molecule has 1 rings (SSSR count). The Kier molecular flexibility index (Phi) is 6.00. The molecule has 2 heteroatoms. The standard InChI is InChI=1S/C14H19NO/c1-2-3-5-10-14(12-15-16)11-13-8-6-4-7-9-13/h4,6-9,11-12,16H,2-3,5,10H2,1H3/b14-11+,15-12+. The maximum Gasteiger partial charge on any atom is 0.0693 e. The monoisotopic (exact) mass is 217 g/mol. The Labute approximate surface area is 97.3 Å². The zero-order valence-electron chi connectivity index (χ0n) is 9.76. The van der Waals surface area contributed by atoms with E-state index >= 15 is 0 Å². The fraction of sp³-hybridized carbons (Fsp3) is 0.357. The Morgan fingerprint density at radius 3 is 2.62 bits per heavy atom. The SMILES string of the molecule is CCCCCC(/C=N/O)=C\c1ccccc1. The summed E-state index contributed by atoms with van der Waals surface area (Å²) >= 11 is 0. The third-order valence-electron chi connectivity index (χ3n) is 2.44. The fourth-order valence-corrected chi connectivity index (χ4v) is 1.59. The molecular formula is C14H19NO. The van der Waals surface area contributed by atoms with Gasteiger partial charge in [-0.2, -0.15) is 0 Å². The van der Waals surface area contributed by atoms with Crippen LogP contribution in [0.1, 0.15) is 38.2 Å². The predicted octanol–water partition coefficient (Wildman–Crippen LogP) is 4.11. The molecule has 0 aliphatic rings. The van der Waals surface area contributed by atoms with Crippen LogP contribution in [-0.2, 0) is 0 Å². The summed E-state index contributed by atoms with van der Waals surface area (Å²) in [5.41, 5.74) is 2.22. The van der Waals surface area contributed by atoms with Crippen molar-refractivity contribution in [2.45, 2.75) is 32.6 Å². The van der Waals surface area contributed by atoms with Gasteiger partial charge in [0.15, 0.2) is 0 Å². The van der Waals surface area contributed by atoms with E-state index in [-0.39, 0.29) is 0 Å². The number of nitrogens with zero attached hydrogens (tertiary/aromatic N) is 1. The molecule has 1 N–H and O–H groups in total. The molecule has 0 unspecified atom stereocenters. The lowest BCUT2D eigenvalue weighted by Crippen LogP contribution is -1.87. The Bertz CT molecular complexity index is 341. The summed E-state index contributed by atoms with van der Waals surface area (Å²) < 4.78 is 0. The second-order valence-corrected chi connectivity index (χ2v) is 3.83. The molecule has 0 atom stereocenters. The van der Waals surface area contributed by atoms with Crippen molar-refractivity contribution in [2.75, 3.05) is 0 Å². The highest BCUT2D eigenvalue weighted by Gasteiger charge is 1.95. The van der Waals surface area contributed by atoms with Crippen LogP contribution < -0.4 is 0 Å². The van der Waals surface area contributed by atoms with E-state index in [1.807, 2.05) is 30.3 Å². The normalized spacial score (nSPS) is 12.2. The van der Waals surface area contributed by atoms with E-state index in [2.05, 4.69) is 18.2 Å². The van der Waals surface area contributed by atoms with Gasteiger partial charge in [-0.15, -0.1) is 0 Å². The molecule has 0 spiro atoms. The first-order valence-electron chi connectivity index (χ1n) is 5.80. The molecule has 0 heterocycles. The minimum absolute atomic E-state index is 0.965. The first kappa shape index (κ1) is 12.5.